The highest BCUT2D eigenvalue weighted by Gasteiger charge is 2.44. The molecule has 6 N–H and O–H groups in total. The Morgan fingerprint density at radius 1 is 0.385 bits per heavy atom. The molecule has 0 bridgehead atoms. The molecule has 0 aromatic carbocycles. The first-order chi connectivity index (χ1) is 44.8. The molecule has 7 unspecified atom stereocenters. The number of carbonyl (C=O) groups is 1. The normalized spacial score (nSPS) is 18.7. The summed E-state index contributed by atoms with van der Waals surface area (Å²) >= 11 is 0. The molecule has 1 aliphatic rings. The second-order valence-electron chi connectivity index (χ2n) is 25.0. The van der Waals surface area contributed by atoms with Gasteiger partial charge in [0.05, 0.1) is 25.4 Å². The van der Waals surface area contributed by atoms with Gasteiger partial charge in [0.2, 0.25) is 5.91 Å². The SMILES string of the molecule is CC/C=C\C/C=C\C/C=C\C/C=C\C/C=C\C/C=C\C/C=C\C/C=C\C/C=C\C/C=C\CCCCCCCCCCC(=O)NC(COC1OC(CO)C(O)C(O)C1O)C(O)/C=C/CC/C=C/CC/C=C/CCCCCCCCCCCCCCCCCCCCC. The molecule has 1 heterocycles. The van der Waals surface area contributed by atoms with Crippen LogP contribution in [0.15, 0.2) is 158 Å². The molecule has 0 aliphatic carbocycles. The predicted octanol–water partition coefficient (Wildman–Crippen LogP) is 21.1. The van der Waals surface area contributed by atoms with Gasteiger partial charge >= 0.3 is 0 Å². The van der Waals surface area contributed by atoms with Crippen LogP contribution in [0.2, 0.25) is 0 Å². The highest BCUT2D eigenvalue weighted by atomic mass is 16.7. The van der Waals surface area contributed by atoms with Crippen molar-refractivity contribution in [1.29, 1.82) is 0 Å². The lowest BCUT2D eigenvalue weighted by Gasteiger charge is -2.40. The topological polar surface area (TPSA) is 149 Å². The summed E-state index contributed by atoms with van der Waals surface area (Å²) in [4.78, 5) is 13.1. The van der Waals surface area contributed by atoms with E-state index in [4.69, 9.17) is 9.47 Å². The van der Waals surface area contributed by atoms with Gasteiger partial charge in [-0.25, -0.2) is 0 Å². The third-order valence-corrected chi connectivity index (χ3v) is 16.6. The van der Waals surface area contributed by atoms with Crippen LogP contribution >= 0.6 is 0 Å². The molecule has 0 aromatic rings. The van der Waals surface area contributed by atoms with E-state index < -0.39 is 49.5 Å². The van der Waals surface area contributed by atoms with Gasteiger partial charge in [-0.2, -0.15) is 0 Å². The van der Waals surface area contributed by atoms with Gasteiger partial charge in [-0.3, -0.25) is 4.79 Å². The minimum atomic E-state index is -1.59. The van der Waals surface area contributed by atoms with Gasteiger partial charge in [0.15, 0.2) is 6.29 Å². The van der Waals surface area contributed by atoms with E-state index in [1.807, 2.05) is 6.08 Å². The first kappa shape index (κ1) is 84.8. The largest absolute Gasteiger partial charge is 0.394 e. The van der Waals surface area contributed by atoms with Crippen molar-refractivity contribution in [2.24, 2.45) is 0 Å². The van der Waals surface area contributed by atoms with Crippen LogP contribution in [0.1, 0.15) is 296 Å². The summed E-state index contributed by atoms with van der Waals surface area (Å²) in [5.41, 5.74) is 0. The van der Waals surface area contributed by atoms with Crippen LogP contribution < -0.4 is 5.32 Å². The lowest BCUT2D eigenvalue weighted by molar-refractivity contribution is -0.302. The Morgan fingerprint density at radius 3 is 1.05 bits per heavy atom. The van der Waals surface area contributed by atoms with Gasteiger partial charge in [-0.1, -0.05) is 326 Å². The fourth-order valence-electron chi connectivity index (χ4n) is 10.8. The summed E-state index contributed by atoms with van der Waals surface area (Å²) in [5, 5.41) is 54.8. The van der Waals surface area contributed by atoms with Crippen molar-refractivity contribution in [2.45, 2.75) is 339 Å². The minimum absolute atomic E-state index is 0.204. The molecule has 1 fully saturated rings. The third kappa shape index (κ3) is 57.0. The number of unbranched alkanes of at least 4 members (excludes halogenated alkanes) is 29. The molecule has 1 rings (SSSR count). The maximum absolute atomic E-state index is 13.1. The molecule has 0 radical (unpaired) electrons. The Hall–Kier alpha value is -4.19. The number of hydrogen-bond donors (Lipinski definition) is 6. The molecule has 518 valence electrons. The van der Waals surface area contributed by atoms with Gasteiger partial charge in [-0.05, 0) is 122 Å². The van der Waals surface area contributed by atoms with Crippen molar-refractivity contribution in [2.75, 3.05) is 13.2 Å². The molecule has 9 heteroatoms. The summed E-state index contributed by atoms with van der Waals surface area (Å²) in [6.07, 6.45) is 101. The van der Waals surface area contributed by atoms with Crippen LogP contribution in [0.4, 0.5) is 0 Å². The third-order valence-electron chi connectivity index (χ3n) is 16.6. The average molecular weight is 1260 g/mol. The lowest BCUT2D eigenvalue weighted by atomic mass is 9.99. The summed E-state index contributed by atoms with van der Waals surface area (Å²) in [6, 6.07) is -0.847. The average Bonchev–Trinajstić information content (AvgIpc) is 1.33. The molecule has 9 nitrogen and oxygen atoms in total. The minimum Gasteiger partial charge on any atom is -0.394 e. The summed E-state index contributed by atoms with van der Waals surface area (Å²) < 4.78 is 11.3. The number of rotatable bonds is 63. The molecule has 1 amide bonds. The molecule has 0 saturated carbocycles. The van der Waals surface area contributed by atoms with E-state index in [0.717, 1.165) is 128 Å². The molecule has 0 spiro atoms. The monoisotopic (exact) mass is 1260 g/mol. The predicted molar refractivity (Wildman–Crippen MR) is 391 cm³/mol. The van der Waals surface area contributed by atoms with Crippen molar-refractivity contribution >= 4 is 5.91 Å². The number of amides is 1. The number of nitrogens with one attached hydrogen (secondary N) is 1. The quantitative estimate of drug-likeness (QED) is 0.0261. The Labute approximate surface area is 558 Å². The number of allylic oxidation sites excluding steroid dienone is 25. The number of aliphatic hydroxyl groups is 5. The van der Waals surface area contributed by atoms with E-state index in [2.05, 4.69) is 165 Å². The molecular weight excluding hydrogens is 1130 g/mol. The Balaban J connectivity index is 2.18. The Morgan fingerprint density at radius 2 is 0.692 bits per heavy atom. The van der Waals surface area contributed by atoms with Gasteiger partial charge in [-0.15, -0.1) is 0 Å². The van der Waals surface area contributed by atoms with E-state index in [1.54, 1.807) is 6.08 Å². The van der Waals surface area contributed by atoms with Crippen LogP contribution in [0.5, 0.6) is 0 Å². The van der Waals surface area contributed by atoms with E-state index in [-0.39, 0.29) is 12.5 Å². The lowest BCUT2D eigenvalue weighted by Crippen LogP contribution is -2.60. The first-order valence-corrected chi connectivity index (χ1v) is 37.2. The standard InChI is InChI=1S/C82H137NO8/c1-3-5-7-9-11-13-15-17-19-21-23-25-27-29-31-33-34-35-36-37-38-39-40-41-42-44-46-48-50-52-54-56-58-60-62-64-66-68-70-72-78(86)83-75(74-90-82-81(89)80(88)79(87)77(73-84)91-82)76(85)71-69-67-65-63-61-59-57-55-53-51-49-47-45-43-32-30-28-26-24-22-20-18-16-14-12-10-8-6-4-2/h5,7,11,13,17,19,23,25,29,31,34-35,37-38,40-41,44,46,50,52-53,55,61,63,69,71,75-77,79-82,84-85,87-89H,3-4,6,8-10,12,14-16,18,20-22,24,26-28,30,32-33,36,39,42-43,45,47-49,51,54,56-60,62,64-68,70,72-74H2,1-2H3,(H,83,86)/b7-5-,13-11-,19-17-,25-23-,31-29-,35-34-,38-37-,41-40-,46-44-,52-50-,55-53+,63-61+,71-69+. The van der Waals surface area contributed by atoms with Crippen molar-refractivity contribution < 1.29 is 39.8 Å². The van der Waals surface area contributed by atoms with Crippen molar-refractivity contribution in [3.8, 4) is 0 Å². The maximum Gasteiger partial charge on any atom is 0.220 e. The zero-order valence-electron chi connectivity index (χ0n) is 58.0. The molecule has 0 aromatic heterocycles. The van der Waals surface area contributed by atoms with E-state index >= 15 is 0 Å². The second-order valence-corrected chi connectivity index (χ2v) is 25.0. The summed E-state index contributed by atoms with van der Waals surface area (Å²) in [7, 11) is 0. The van der Waals surface area contributed by atoms with Crippen LogP contribution in [-0.4, -0.2) is 87.5 Å². The van der Waals surface area contributed by atoms with Crippen LogP contribution in [0.25, 0.3) is 0 Å². The van der Waals surface area contributed by atoms with Crippen LogP contribution in [0.3, 0.4) is 0 Å². The molecule has 1 saturated heterocycles. The fraction of sp³-hybridized carbons (Fsp3) is 0.671. The Bertz CT molecular complexity index is 2000. The maximum atomic E-state index is 13.1. The van der Waals surface area contributed by atoms with Gasteiger partial charge in [0.25, 0.3) is 0 Å². The van der Waals surface area contributed by atoms with Crippen molar-refractivity contribution in [3.63, 3.8) is 0 Å². The smallest absolute Gasteiger partial charge is 0.220 e. The van der Waals surface area contributed by atoms with Crippen LogP contribution in [0, 0.1) is 0 Å². The number of aliphatic hydroxyl groups excluding tert-OH is 5. The van der Waals surface area contributed by atoms with Gasteiger partial charge < -0.3 is 40.3 Å². The fourth-order valence-corrected chi connectivity index (χ4v) is 10.8. The molecular formula is C82H137NO8. The second kappa shape index (κ2) is 68.7. The van der Waals surface area contributed by atoms with Crippen LogP contribution in [-0.2, 0) is 14.3 Å². The first-order valence-electron chi connectivity index (χ1n) is 37.2. The highest BCUT2D eigenvalue weighted by Crippen LogP contribution is 2.23. The molecule has 1 aliphatic heterocycles. The summed E-state index contributed by atoms with van der Waals surface area (Å²) in [5.74, 6) is -0.204. The number of carbonyl (C=O) groups excluding carboxylic acids is 1. The number of ether oxygens (including phenoxy) is 2. The van der Waals surface area contributed by atoms with Crippen molar-refractivity contribution in [3.05, 3.63) is 158 Å². The van der Waals surface area contributed by atoms with Crippen molar-refractivity contribution in [1.82, 2.24) is 5.32 Å². The summed E-state index contributed by atoms with van der Waals surface area (Å²) in [6.45, 7) is 3.66. The number of hydrogen-bond acceptors (Lipinski definition) is 8. The zero-order chi connectivity index (χ0) is 65.7. The van der Waals surface area contributed by atoms with E-state index in [0.29, 0.717) is 6.42 Å². The highest BCUT2D eigenvalue weighted by molar-refractivity contribution is 5.76. The van der Waals surface area contributed by atoms with E-state index in [9.17, 15) is 30.3 Å². The molecule has 91 heavy (non-hydrogen) atoms. The van der Waals surface area contributed by atoms with E-state index in [1.165, 1.54) is 148 Å². The zero-order valence-corrected chi connectivity index (χ0v) is 58.0. The Kier molecular flexibility index (Phi) is 64.0. The molecule has 7 atom stereocenters. The van der Waals surface area contributed by atoms with Gasteiger partial charge in [0, 0.05) is 6.42 Å². The van der Waals surface area contributed by atoms with Gasteiger partial charge in [0.1, 0.15) is 24.4 Å².